The zero-order valence-electron chi connectivity index (χ0n) is 16.0. The molecule has 0 bridgehead atoms. The maximum atomic E-state index is 11.3. The highest BCUT2D eigenvalue weighted by Crippen LogP contribution is 2.23. The van der Waals surface area contributed by atoms with Crippen LogP contribution in [-0.4, -0.2) is 42.0 Å². The van der Waals surface area contributed by atoms with Gasteiger partial charge in [0, 0.05) is 11.1 Å². The molecule has 0 fully saturated rings. The van der Waals surface area contributed by atoms with Crippen LogP contribution in [0.25, 0.3) is 0 Å². The lowest BCUT2D eigenvalue weighted by Gasteiger charge is -2.21. The van der Waals surface area contributed by atoms with Crippen molar-refractivity contribution in [3.05, 3.63) is 58.6 Å². The molecular formula is C21H26ClNO5. The quantitative estimate of drug-likeness (QED) is 0.524. The first-order chi connectivity index (χ1) is 13.4. The molecule has 0 aromatic heterocycles. The van der Waals surface area contributed by atoms with E-state index in [0.717, 1.165) is 11.1 Å². The molecule has 2 aromatic rings. The highest BCUT2D eigenvalue weighted by atomic mass is 35.5. The fourth-order valence-corrected chi connectivity index (χ4v) is 2.94. The summed E-state index contributed by atoms with van der Waals surface area (Å²) >= 11 is 6.30. The molecule has 28 heavy (non-hydrogen) atoms. The minimum absolute atomic E-state index is 0.155. The maximum Gasteiger partial charge on any atom is 0.344 e. The molecule has 0 spiro atoms. The molecular weight excluding hydrogens is 382 g/mol. The summed E-state index contributed by atoms with van der Waals surface area (Å²) in [6.45, 7) is 4.42. The Balaban J connectivity index is 1.82. The molecule has 2 aromatic carbocycles. The summed E-state index contributed by atoms with van der Waals surface area (Å²) in [6.07, 6.45) is -0.0152. The third-order valence-corrected chi connectivity index (χ3v) is 4.61. The number of halogens is 1. The highest BCUT2D eigenvalue weighted by molar-refractivity contribution is 6.31. The first-order valence-corrected chi connectivity index (χ1v) is 9.55. The van der Waals surface area contributed by atoms with Crippen LogP contribution in [-0.2, 0) is 16.0 Å². The number of esters is 1. The minimum atomic E-state index is -0.685. The van der Waals surface area contributed by atoms with Crippen molar-refractivity contribution in [3.8, 4) is 11.5 Å². The molecule has 0 heterocycles. The van der Waals surface area contributed by atoms with E-state index in [1.165, 1.54) is 0 Å². The third-order valence-electron chi connectivity index (χ3n) is 4.26. The lowest BCUT2D eigenvalue weighted by molar-refractivity contribution is -0.145. The number of carbonyl (C=O) groups is 1. The van der Waals surface area contributed by atoms with Crippen LogP contribution in [0.4, 0.5) is 0 Å². The summed E-state index contributed by atoms with van der Waals surface area (Å²) in [4.78, 5) is 11.3. The van der Waals surface area contributed by atoms with Gasteiger partial charge in [-0.2, -0.15) is 0 Å². The first kappa shape index (κ1) is 22.0. The van der Waals surface area contributed by atoms with Crippen molar-refractivity contribution in [2.45, 2.75) is 32.4 Å². The van der Waals surface area contributed by atoms with Crippen molar-refractivity contribution in [1.82, 2.24) is 5.32 Å². The average Bonchev–Trinajstić information content (AvgIpc) is 2.68. The van der Waals surface area contributed by atoms with E-state index < -0.39 is 12.1 Å². The van der Waals surface area contributed by atoms with Crippen LogP contribution in [0.2, 0.25) is 5.02 Å². The van der Waals surface area contributed by atoms with Crippen molar-refractivity contribution >= 4 is 17.6 Å². The summed E-state index contributed by atoms with van der Waals surface area (Å²) in [7, 11) is 0. The van der Waals surface area contributed by atoms with E-state index >= 15 is 0 Å². The van der Waals surface area contributed by atoms with Gasteiger partial charge >= 0.3 is 5.97 Å². The number of aliphatic hydroxyl groups is 1. The Morgan fingerprint density at radius 1 is 1.21 bits per heavy atom. The van der Waals surface area contributed by atoms with Crippen molar-refractivity contribution in [2.24, 2.45) is 0 Å². The second-order valence-electron chi connectivity index (χ2n) is 6.38. The molecule has 0 saturated heterocycles. The molecule has 0 unspecified atom stereocenters. The number of rotatable bonds is 10. The van der Waals surface area contributed by atoms with Gasteiger partial charge in [0.05, 0.1) is 12.7 Å². The summed E-state index contributed by atoms with van der Waals surface area (Å²) in [5, 5.41) is 23.5. The van der Waals surface area contributed by atoms with Crippen LogP contribution in [0.3, 0.4) is 0 Å². The van der Waals surface area contributed by atoms with Gasteiger partial charge in [-0.1, -0.05) is 29.8 Å². The monoisotopic (exact) mass is 407 g/mol. The lowest BCUT2D eigenvalue weighted by Crippen LogP contribution is -2.33. The van der Waals surface area contributed by atoms with Crippen LogP contribution >= 0.6 is 11.6 Å². The van der Waals surface area contributed by atoms with Gasteiger partial charge in [-0.3, -0.25) is 0 Å². The Bertz CT molecular complexity index is 766. The predicted octanol–water partition coefficient (Wildman–Crippen LogP) is 3.24. The number of phenolic OH excluding ortho intramolecular Hbond substituents is 1. The number of hydrogen-bond donors (Lipinski definition) is 3. The molecule has 0 aliphatic carbocycles. The van der Waals surface area contributed by atoms with E-state index in [1.807, 2.05) is 13.0 Å². The second-order valence-corrected chi connectivity index (χ2v) is 6.78. The zero-order valence-corrected chi connectivity index (χ0v) is 16.8. The van der Waals surface area contributed by atoms with Gasteiger partial charge in [0.15, 0.2) is 6.61 Å². The first-order valence-electron chi connectivity index (χ1n) is 9.18. The Kier molecular flexibility index (Phi) is 8.57. The Morgan fingerprint density at radius 2 is 1.93 bits per heavy atom. The minimum Gasteiger partial charge on any atom is -0.508 e. The smallest absolute Gasteiger partial charge is 0.344 e. The number of aromatic hydroxyl groups is 1. The summed E-state index contributed by atoms with van der Waals surface area (Å²) in [5.41, 5.74) is 1.67. The van der Waals surface area contributed by atoms with Crippen LogP contribution in [0.5, 0.6) is 11.5 Å². The van der Waals surface area contributed by atoms with E-state index in [-0.39, 0.29) is 18.4 Å². The van der Waals surface area contributed by atoms with E-state index in [2.05, 4.69) is 5.32 Å². The summed E-state index contributed by atoms with van der Waals surface area (Å²) in [5.74, 6) is 0.250. The van der Waals surface area contributed by atoms with Gasteiger partial charge in [0.25, 0.3) is 0 Å². The van der Waals surface area contributed by atoms with Crippen LogP contribution in [0.1, 0.15) is 31.1 Å². The Labute approximate surface area is 170 Å². The molecule has 0 saturated carbocycles. The van der Waals surface area contributed by atoms with Gasteiger partial charge in [0.1, 0.15) is 11.5 Å². The van der Waals surface area contributed by atoms with E-state index in [0.29, 0.717) is 30.3 Å². The number of benzene rings is 2. The van der Waals surface area contributed by atoms with Gasteiger partial charge < -0.3 is 25.0 Å². The van der Waals surface area contributed by atoms with Gasteiger partial charge in [-0.05, 0) is 62.2 Å². The SMILES string of the molecule is CCOC(=O)COc1ccc(CCN[C@@H](C)[C@@H](O)c2ccc(O)cc2)c(Cl)c1. The third kappa shape index (κ3) is 6.71. The molecule has 6 nitrogen and oxygen atoms in total. The summed E-state index contributed by atoms with van der Waals surface area (Å²) < 4.78 is 10.2. The van der Waals surface area contributed by atoms with Gasteiger partial charge in [-0.15, -0.1) is 0 Å². The number of carbonyl (C=O) groups excluding carboxylic acids is 1. The Morgan fingerprint density at radius 3 is 2.57 bits per heavy atom. The largest absolute Gasteiger partial charge is 0.508 e. The lowest BCUT2D eigenvalue weighted by atomic mass is 10.0. The van der Waals surface area contributed by atoms with Crippen molar-refractivity contribution < 1.29 is 24.5 Å². The molecule has 152 valence electrons. The van der Waals surface area contributed by atoms with E-state index in [1.54, 1.807) is 43.3 Å². The second kappa shape index (κ2) is 10.9. The molecule has 2 rings (SSSR count). The van der Waals surface area contributed by atoms with Gasteiger partial charge in [-0.25, -0.2) is 4.79 Å². The fraction of sp³-hybridized carbons (Fsp3) is 0.381. The van der Waals surface area contributed by atoms with Crippen molar-refractivity contribution in [1.29, 1.82) is 0 Å². The number of phenols is 1. The number of aliphatic hydroxyl groups excluding tert-OH is 1. The van der Waals surface area contributed by atoms with E-state index in [4.69, 9.17) is 21.1 Å². The Hall–Kier alpha value is -2.28. The molecule has 7 heteroatoms. The molecule has 0 amide bonds. The zero-order chi connectivity index (χ0) is 20.5. The standard InChI is InChI=1S/C21H26ClNO5/c1-3-27-20(25)13-28-18-9-6-15(19(22)12-18)10-11-23-14(2)21(26)16-4-7-17(24)8-5-16/h4-9,12,14,21,23-24,26H,3,10-11,13H2,1-2H3/t14-,21+/m0/s1. The van der Waals surface area contributed by atoms with Gasteiger partial charge in [0.2, 0.25) is 0 Å². The van der Waals surface area contributed by atoms with E-state index in [9.17, 15) is 15.0 Å². The topological polar surface area (TPSA) is 88.0 Å². The maximum absolute atomic E-state index is 11.3. The molecule has 0 radical (unpaired) electrons. The molecule has 3 N–H and O–H groups in total. The van der Waals surface area contributed by atoms with Crippen LogP contribution in [0, 0.1) is 0 Å². The number of ether oxygens (including phenoxy) is 2. The highest BCUT2D eigenvalue weighted by Gasteiger charge is 2.16. The average molecular weight is 408 g/mol. The van der Waals surface area contributed by atoms with Crippen LogP contribution < -0.4 is 10.1 Å². The number of hydrogen-bond acceptors (Lipinski definition) is 6. The molecule has 0 aliphatic heterocycles. The van der Waals surface area contributed by atoms with Crippen molar-refractivity contribution in [2.75, 3.05) is 19.8 Å². The van der Waals surface area contributed by atoms with Crippen molar-refractivity contribution in [3.63, 3.8) is 0 Å². The summed E-state index contributed by atoms with van der Waals surface area (Å²) in [6, 6.07) is 11.6. The molecule has 2 atom stereocenters. The van der Waals surface area contributed by atoms with Crippen LogP contribution in [0.15, 0.2) is 42.5 Å². The predicted molar refractivity (Wildman–Crippen MR) is 108 cm³/mol. The molecule has 0 aliphatic rings. The number of nitrogens with one attached hydrogen (secondary N) is 1. The fourth-order valence-electron chi connectivity index (χ4n) is 2.67. The normalized spacial score (nSPS) is 13.0.